The molecule has 1 aliphatic rings. The summed E-state index contributed by atoms with van der Waals surface area (Å²) < 4.78 is 9.31. The van der Waals surface area contributed by atoms with Gasteiger partial charge in [0.2, 0.25) is 0 Å². The van der Waals surface area contributed by atoms with E-state index < -0.39 is 0 Å². The lowest BCUT2D eigenvalue weighted by Gasteiger charge is -2.28. The summed E-state index contributed by atoms with van der Waals surface area (Å²) in [6.45, 7) is 7.02. The minimum atomic E-state index is 0.704. The summed E-state index contributed by atoms with van der Waals surface area (Å²) >= 11 is 0. The van der Waals surface area contributed by atoms with Crippen molar-refractivity contribution in [1.82, 2.24) is 34.6 Å². The van der Waals surface area contributed by atoms with Gasteiger partial charge in [0.15, 0.2) is 5.82 Å². The second-order valence-electron chi connectivity index (χ2n) is 7.07. The van der Waals surface area contributed by atoms with Crippen LogP contribution in [0.3, 0.4) is 0 Å². The number of anilines is 1. The Labute approximate surface area is 161 Å². The SMILES string of the molecule is Cc1cc(-c2nc(C)c3c(-c4ccnn4C)cc(N4CCOCC4)nn23)n[nH]1. The number of aromatic nitrogens is 7. The van der Waals surface area contributed by atoms with Crippen LogP contribution in [0, 0.1) is 13.8 Å². The normalized spacial score (nSPS) is 14.9. The molecule has 1 fully saturated rings. The highest BCUT2D eigenvalue weighted by Crippen LogP contribution is 2.32. The molecule has 0 saturated carbocycles. The maximum Gasteiger partial charge on any atom is 0.182 e. The first-order chi connectivity index (χ1) is 13.6. The number of hydrogen-bond acceptors (Lipinski definition) is 6. The number of H-pyrrole nitrogens is 1. The van der Waals surface area contributed by atoms with E-state index >= 15 is 0 Å². The van der Waals surface area contributed by atoms with Gasteiger partial charge < -0.3 is 9.64 Å². The molecule has 5 heterocycles. The zero-order chi connectivity index (χ0) is 19.3. The lowest BCUT2D eigenvalue weighted by Crippen LogP contribution is -2.37. The molecule has 0 spiro atoms. The van der Waals surface area contributed by atoms with E-state index in [4.69, 9.17) is 14.8 Å². The number of morpholine rings is 1. The quantitative estimate of drug-likeness (QED) is 0.586. The Morgan fingerprint density at radius 2 is 1.96 bits per heavy atom. The number of nitrogens with zero attached hydrogens (tertiary/aromatic N) is 7. The zero-order valence-corrected chi connectivity index (χ0v) is 16.2. The second kappa shape index (κ2) is 6.45. The molecule has 28 heavy (non-hydrogen) atoms. The van der Waals surface area contributed by atoms with Crippen LogP contribution in [0.4, 0.5) is 5.82 Å². The summed E-state index contributed by atoms with van der Waals surface area (Å²) in [4.78, 5) is 7.05. The van der Waals surface area contributed by atoms with Crippen LogP contribution in [0.15, 0.2) is 24.4 Å². The molecule has 1 N–H and O–H groups in total. The Bertz CT molecular complexity index is 1150. The minimum Gasteiger partial charge on any atom is -0.378 e. The van der Waals surface area contributed by atoms with Gasteiger partial charge in [-0.15, -0.1) is 5.10 Å². The van der Waals surface area contributed by atoms with Crippen LogP contribution in [-0.2, 0) is 11.8 Å². The first-order valence-corrected chi connectivity index (χ1v) is 9.35. The van der Waals surface area contributed by atoms with E-state index in [0.717, 1.165) is 58.6 Å². The van der Waals surface area contributed by atoms with Gasteiger partial charge >= 0.3 is 0 Å². The van der Waals surface area contributed by atoms with Gasteiger partial charge in [0.1, 0.15) is 11.5 Å². The Morgan fingerprint density at radius 1 is 1.14 bits per heavy atom. The molecule has 1 aliphatic heterocycles. The summed E-state index contributed by atoms with van der Waals surface area (Å²) in [6, 6.07) is 6.14. The van der Waals surface area contributed by atoms with Gasteiger partial charge in [-0.2, -0.15) is 10.2 Å². The molecule has 144 valence electrons. The van der Waals surface area contributed by atoms with E-state index in [1.165, 1.54) is 0 Å². The Morgan fingerprint density at radius 3 is 2.64 bits per heavy atom. The third-order valence-electron chi connectivity index (χ3n) is 5.13. The van der Waals surface area contributed by atoms with Crippen LogP contribution in [-0.4, -0.2) is 60.9 Å². The fourth-order valence-electron chi connectivity index (χ4n) is 3.73. The summed E-state index contributed by atoms with van der Waals surface area (Å²) in [5, 5.41) is 16.7. The molecule has 0 atom stereocenters. The van der Waals surface area contributed by atoms with Crippen LogP contribution >= 0.6 is 0 Å². The van der Waals surface area contributed by atoms with Gasteiger partial charge in [-0.05, 0) is 32.0 Å². The maximum absolute atomic E-state index is 5.51. The van der Waals surface area contributed by atoms with E-state index in [-0.39, 0.29) is 0 Å². The van der Waals surface area contributed by atoms with E-state index in [1.807, 2.05) is 48.4 Å². The van der Waals surface area contributed by atoms with Gasteiger partial charge in [0.25, 0.3) is 0 Å². The van der Waals surface area contributed by atoms with E-state index in [0.29, 0.717) is 13.2 Å². The van der Waals surface area contributed by atoms with Crippen molar-refractivity contribution in [1.29, 1.82) is 0 Å². The number of hydrogen-bond donors (Lipinski definition) is 1. The Balaban J connectivity index is 1.79. The zero-order valence-electron chi connectivity index (χ0n) is 16.2. The largest absolute Gasteiger partial charge is 0.378 e. The molecule has 9 nitrogen and oxygen atoms in total. The van der Waals surface area contributed by atoms with Crippen molar-refractivity contribution in [2.24, 2.45) is 7.05 Å². The van der Waals surface area contributed by atoms with Gasteiger partial charge in [0.05, 0.1) is 30.1 Å². The van der Waals surface area contributed by atoms with Crippen LogP contribution in [0.2, 0.25) is 0 Å². The van der Waals surface area contributed by atoms with Crippen molar-refractivity contribution in [3.05, 3.63) is 35.8 Å². The van der Waals surface area contributed by atoms with Crippen LogP contribution in [0.1, 0.15) is 11.4 Å². The molecule has 5 rings (SSSR count). The van der Waals surface area contributed by atoms with Crippen molar-refractivity contribution in [2.75, 3.05) is 31.2 Å². The van der Waals surface area contributed by atoms with Crippen molar-refractivity contribution in [2.45, 2.75) is 13.8 Å². The number of nitrogens with one attached hydrogen (secondary N) is 1. The standard InChI is InChI=1S/C19H22N8O/c1-12-10-15(23-22-12)19-21-13(2)18-14(16-4-5-20-25(16)3)11-17(24-27(18)19)26-6-8-28-9-7-26/h4-5,10-11H,6-9H2,1-3H3,(H,22,23). The van der Waals surface area contributed by atoms with Crippen LogP contribution < -0.4 is 4.90 Å². The molecule has 9 heteroatoms. The van der Waals surface area contributed by atoms with Gasteiger partial charge in [-0.25, -0.2) is 9.50 Å². The summed E-state index contributed by atoms with van der Waals surface area (Å²) in [7, 11) is 1.95. The van der Waals surface area contributed by atoms with Gasteiger partial charge in [0, 0.05) is 37.6 Å². The second-order valence-corrected chi connectivity index (χ2v) is 7.07. The first kappa shape index (κ1) is 16.9. The number of rotatable bonds is 3. The molecule has 1 saturated heterocycles. The molecule has 4 aromatic heterocycles. The monoisotopic (exact) mass is 378 g/mol. The predicted molar refractivity (Wildman–Crippen MR) is 105 cm³/mol. The number of aryl methyl sites for hydroxylation is 3. The summed E-state index contributed by atoms with van der Waals surface area (Å²) in [5.41, 5.74) is 5.72. The fourth-order valence-corrected chi connectivity index (χ4v) is 3.73. The number of aromatic amines is 1. The van der Waals surface area contributed by atoms with E-state index in [9.17, 15) is 0 Å². The fraction of sp³-hybridized carbons (Fsp3) is 0.368. The third-order valence-corrected chi connectivity index (χ3v) is 5.13. The van der Waals surface area contributed by atoms with Crippen LogP contribution in [0.25, 0.3) is 28.3 Å². The number of imidazole rings is 1. The topological polar surface area (TPSA) is 89.2 Å². The average Bonchev–Trinajstić information content (AvgIpc) is 3.41. The molecule has 0 radical (unpaired) electrons. The molecule has 0 bridgehead atoms. The molecule has 0 aliphatic carbocycles. The number of fused-ring (bicyclic) bond motifs is 1. The Hall–Kier alpha value is -3.20. The highest BCUT2D eigenvalue weighted by atomic mass is 16.5. The molecule has 0 unspecified atom stereocenters. The van der Waals surface area contributed by atoms with Crippen molar-refractivity contribution in [3.8, 4) is 22.8 Å². The van der Waals surface area contributed by atoms with Gasteiger partial charge in [-0.1, -0.05) is 0 Å². The number of ether oxygens (including phenoxy) is 1. The third kappa shape index (κ3) is 2.66. The molecular formula is C19H22N8O. The van der Waals surface area contributed by atoms with E-state index in [1.54, 1.807) is 0 Å². The first-order valence-electron chi connectivity index (χ1n) is 9.35. The molecule has 0 aromatic carbocycles. The van der Waals surface area contributed by atoms with E-state index in [2.05, 4.69) is 26.3 Å². The van der Waals surface area contributed by atoms with Gasteiger partial charge in [-0.3, -0.25) is 9.78 Å². The summed E-state index contributed by atoms with van der Waals surface area (Å²) in [5.74, 6) is 1.63. The molecule has 0 amide bonds. The highest BCUT2D eigenvalue weighted by Gasteiger charge is 2.22. The highest BCUT2D eigenvalue weighted by molar-refractivity contribution is 5.83. The molecular weight excluding hydrogens is 356 g/mol. The van der Waals surface area contributed by atoms with Crippen molar-refractivity contribution >= 4 is 11.3 Å². The van der Waals surface area contributed by atoms with Crippen molar-refractivity contribution < 1.29 is 4.74 Å². The maximum atomic E-state index is 5.51. The smallest absolute Gasteiger partial charge is 0.182 e. The van der Waals surface area contributed by atoms with Crippen molar-refractivity contribution in [3.63, 3.8) is 0 Å². The predicted octanol–water partition coefficient (Wildman–Crippen LogP) is 1.97. The molecule has 4 aromatic rings. The lowest BCUT2D eigenvalue weighted by molar-refractivity contribution is 0.122. The summed E-state index contributed by atoms with van der Waals surface area (Å²) in [6.07, 6.45) is 1.81. The Kier molecular flexibility index (Phi) is 3.90. The average molecular weight is 378 g/mol. The van der Waals surface area contributed by atoms with Crippen LogP contribution in [0.5, 0.6) is 0 Å². The lowest BCUT2D eigenvalue weighted by atomic mass is 10.1. The minimum absolute atomic E-state index is 0.704.